The number of hydrogen-bond acceptors (Lipinski definition) is 6. The summed E-state index contributed by atoms with van der Waals surface area (Å²) in [6.07, 6.45) is 1.25. The van der Waals surface area contributed by atoms with E-state index in [0.717, 1.165) is 11.3 Å². The number of ketones is 1. The van der Waals surface area contributed by atoms with E-state index in [0.29, 0.717) is 56.1 Å². The summed E-state index contributed by atoms with van der Waals surface area (Å²) in [4.78, 5) is 17.7. The number of allylic oxidation sites excluding steroid dienone is 2. The molecule has 1 unspecified atom stereocenters. The molecule has 0 amide bonds. The summed E-state index contributed by atoms with van der Waals surface area (Å²) < 4.78 is 11.1. The lowest BCUT2D eigenvalue weighted by Gasteiger charge is -2.25. The van der Waals surface area contributed by atoms with Gasteiger partial charge in [0.1, 0.15) is 25.6 Å². The highest BCUT2D eigenvalue weighted by Crippen LogP contribution is 2.39. The first kappa shape index (κ1) is 17.3. The van der Waals surface area contributed by atoms with Gasteiger partial charge in [-0.05, 0) is 37.0 Å². The molecule has 6 nitrogen and oxygen atoms in total. The van der Waals surface area contributed by atoms with E-state index in [2.05, 4.69) is 5.16 Å². The molecule has 1 aliphatic carbocycles. The molecule has 1 aromatic rings. The molecular formula is C19H23NO5. The molecule has 25 heavy (non-hydrogen) atoms. The molecule has 0 bridgehead atoms. The molecule has 1 heterocycles. The number of carbonyl (C=O) groups is 1. The molecule has 1 atom stereocenters. The quantitative estimate of drug-likeness (QED) is 0.652. The second-order valence-corrected chi connectivity index (χ2v) is 6.06. The highest BCUT2D eigenvalue weighted by molar-refractivity contribution is 6.23. The Morgan fingerprint density at radius 2 is 2.00 bits per heavy atom. The third-order valence-corrected chi connectivity index (χ3v) is 4.40. The number of Topliss-reactive ketones (excluding diaryl/α,β-unsaturated/α-hetero) is 1. The summed E-state index contributed by atoms with van der Waals surface area (Å²) in [5.41, 5.74) is 1.78. The van der Waals surface area contributed by atoms with Crippen molar-refractivity contribution in [3.05, 3.63) is 35.1 Å². The van der Waals surface area contributed by atoms with Gasteiger partial charge in [0.05, 0.1) is 11.3 Å². The Bertz CT molecular complexity index is 723. The van der Waals surface area contributed by atoms with Crippen LogP contribution in [0.15, 0.2) is 34.7 Å². The molecule has 0 aromatic heterocycles. The molecule has 0 radical (unpaired) electrons. The SMILES string of the molecule is CCO/N=C(/CC)C1=C(O)CC(c2ccc3c(c2)OCCO3)CC1=O. The highest BCUT2D eigenvalue weighted by Gasteiger charge is 2.31. The number of benzene rings is 1. The van der Waals surface area contributed by atoms with Gasteiger partial charge in [-0.2, -0.15) is 0 Å². The maximum Gasteiger partial charge on any atom is 0.168 e. The van der Waals surface area contributed by atoms with Crippen LogP contribution < -0.4 is 9.47 Å². The predicted octanol–water partition coefficient (Wildman–Crippen LogP) is 3.52. The molecule has 0 spiro atoms. The Kier molecular flexibility index (Phi) is 5.26. The van der Waals surface area contributed by atoms with Crippen LogP contribution in [-0.4, -0.2) is 36.4 Å². The fourth-order valence-electron chi connectivity index (χ4n) is 3.20. The summed E-state index contributed by atoms with van der Waals surface area (Å²) >= 11 is 0. The van der Waals surface area contributed by atoms with Crippen LogP contribution in [0.4, 0.5) is 0 Å². The van der Waals surface area contributed by atoms with Gasteiger partial charge < -0.3 is 19.4 Å². The summed E-state index contributed by atoms with van der Waals surface area (Å²) in [5, 5.41) is 14.5. The molecule has 0 fully saturated rings. The van der Waals surface area contributed by atoms with Gasteiger partial charge in [0.25, 0.3) is 0 Å². The van der Waals surface area contributed by atoms with Crippen molar-refractivity contribution in [2.75, 3.05) is 19.8 Å². The summed E-state index contributed by atoms with van der Waals surface area (Å²) in [7, 11) is 0. The van der Waals surface area contributed by atoms with Gasteiger partial charge in [0, 0.05) is 12.8 Å². The lowest BCUT2D eigenvalue weighted by Crippen LogP contribution is -2.24. The summed E-state index contributed by atoms with van der Waals surface area (Å²) in [6.45, 7) is 5.19. The van der Waals surface area contributed by atoms with Crippen LogP contribution in [0.1, 0.15) is 44.6 Å². The lowest BCUT2D eigenvalue weighted by atomic mass is 9.81. The van der Waals surface area contributed by atoms with Gasteiger partial charge in [0.2, 0.25) is 0 Å². The largest absolute Gasteiger partial charge is 0.511 e. The lowest BCUT2D eigenvalue weighted by molar-refractivity contribution is -0.116. The fourth-order valence-corrected chi connectivity index (χ4v) is 3.20. The van der Waals surface area contributed by atoms with Gasteiger partial charge in [0.15, 0.2) is 17.3 Å². The van der Waals surface area contributed by atoms with Crippen LogP contribution >= 0.6 is 0 Å². The molecule has 1 N–H and O–H groups in total. The molecule has 1 aromatic carbocycles. The smallest absolute Gasteiger partial charge is 0.168 e. The van der Waals surface area contributed by atoms with Crippen molar-refractivity contribution in [2.45, 2.75) is 39.0 Å². The van der Waals surface area contributed by atoms with Crippen molar-refractivity contribution in [1.29, 1.82) is 0 Å². The van der Waals surface area contributed by atoms with Crippen LogP contribution in [0.3, 0.4) is 0 Å². The number of aliphatic hydroxyl groups excluding tert-OH is 1. The molecule has 2 aliphatic rings. The van der Waals surface area contributed by atoms with Crippen LogP contribution in [0.25, 0.3) is 0 Å². The molecule has 134 valence electrons. The minimum Gasteiger partial charge on any atom is -0.511 e. The molecular weight excluding hydrogens is 322 g/mol. The number of fused-ring (bicyclic) bond motifs is 1. The zero-order valence-electron chi connectivity index (χ0n) is 14.6. The molecule has 0 saturated heterocycles. The van der Waals surface area contributed by atoms with Gasteiger partial charge in [-0.25, -0.2) is 0 Å². The number of oxime groups is 1. The Labute approximate surface area is 147 Å². The van der Waals surface area contributed by atoms with E-state index < -0.39 is 0 Å². The fraction of sp³-hybridized carbons (Fsp3) is 0.474. The van der Waals surface area contributed by atoms with Crippen molar-refractivity contribution in [2.24, 2.45) is 5.16 Å². The van der Waals surface area contributed by atoms with Gasteiger partial charge >= 0.3 is 0 Å². The average Bonchev–Trinajstić information content (AvgIpc) is 2.63. The van der Waals surface area contributed by atoms with E-state index in [1.165, 1.54) is 0 Å². The maximum atomic E-state index is 12.6. The predicted molar refractivity (Wildman–Crippen MR) is 93.4 cm³/mol. The van der Waals surface area contributed by atoms with E-state index in [9.17, 15) is 9.90 Å². The maximum absolute atomic E-state index is 12.6. The van der Waals surface area contributed by atoms with Crippen molar-refractivity contribution in [3.8, 4) is 11.5 Å². The van der Waals surface area contributed by atoms with Crippen LogP contribution in [0, 0.1) is 0 Å². The minimum absolute atomic E-state index is 0.0800. The van der Waals surface area contributed by atoms with E-state index >= 15 is 0 Å². The second-order valence-electron chi connectivity index (χ2n) is 6.06. The zero-order valence-corrected chi connectivity index (χ0v) is 14.6. The van der Waals surface area contributed by atoms with E-state index in [4.69, 9.17) is 14.3 Å². The van der Waals surface area contributed by atoms with E-state index in [1.807, 2.05) is 32.0 Å². The number of hydrogen-bond donors (Lipinski definition) is 1. The molecule has 3 rings (SSSR count). The van der Waals surface area contributed by atoms with Crippen molar-refractivity contribution in [3.63, 3.8) is 0 Å². The van der Waals surface area contributed by atoms with Crippen LogP contribution in [0.2, 0.25) is 0 Å². The second kappa shape index (κ2) is 7.59. The van der Waals surface area contributed by atoms with Gasteiger partial charge in [-0.3, -0.25) is 4.79 Å². The van der Waals surface area contributed by atoms with Gasteiger partial charge in [-0.15, -0.1) is 0 Å². The number of carbonyl (C=O) groups excluding carboxylic acids is 1. The van der Waals surface area contributed by atoms with Crippen molar-refractivity contribution in [1.82, 2.24) is 0 Å². The molecule has 1 aliphatic heterocycles. The Morgan fingerprint density at radius 3 is 2.68 bits per heavy atom. The summed E-state index contributed by atoms with van der Waals surface area (Å²) in [6, 6.07) is 5.69. The highest BCUT2D eigenvalue weighted by atomic mass is 16.6. The molecule has 0 saturated carbocycles. The first-order chi connectivity index (χ1) is 12.1. The summed E-state index contributed by atoms with van der Waals surface area (Å²) in [5.74, 6) is 1.30. The van der Waals surface area contributed by atoms with Gasteiger partial charge in [-0.1, -0.05) is 18.1 Å². The Morgan fingerprint density at radius 1 is 1.24 bits per heavy atom. The average molecular weight is 345 g/mol. The van der Waals surface area contributed by atoms with Crippen molar-refractivity contribution >= 4 is 11.5 Å². The molecule has 6 heteroatoms. The Balaban J connectivity index is 1.85. The first-order valence-corrected chi connectivity index (χ1v) is 8.68. The third kappa shape index (κ3) is 3.62. The number of rotatable bonds is 5. The topological polar surface area (TPSA) is 77.3 Å². The number of ether oxygens (including phenoxy) is 2. The number of nitrogens with zero attached hydrogens (tertiary/aromatic N) is 1. The zero-order chi connectivity index (χ0) is 17.8. The van der Waals surface area contributed by atoms with Crippen LogP contribution in [-0.2, 0) is 9.63 Å². The van der Waals surface area contributed by atoms with E-state index in [1.54, 1.807) is 0 Å². The van der Waals surface area contributed by atoms with Crippen molar-refractivity contribution < 1.29 is 24.2 Å². The normalized spacial score (nSPS) is 20.6. The Hall–Kier alpha value is -2.50. The van der Waals surface area contributed by atoms with Crippen LogP contribution in [0.5, 0.6) is 11.5 Å². The van der Waals surface area contributed by atoms with E-state index in [-0.39, 0.29) is 17.5 Å². The first-order valence-electron chi connectivity index (χ1n) is 8.68. The number of aliphatic hydroxyl groups is 1. The minimum atomic E-state index is -0.107. The standard InChI is InChI=1S/C19H23NO5/c1-3-14(20-25-4-2)19-15(21)9-13(10-16(19)22)12-5-6-17-18(11-12)24-8-7-23-17/h5-6,11,13,21H,3-4,7-10H2,1-2H3/b20-14-. The monoisotopic (exact) mass is 345 g/mol. The third-order valence-electron chi connectivity index (χ3n) is 4.40.